The van der Waals surface area contributed by atoms with Crippen LogP contribution in [0.15, 0.2) is 0 Å². The smallest absolute Gasteiger partial charge is 0.166 e. The highest BCUT2D eigenvalue weighted by Gasteiger charge is 2.57. The lowest BCUT2D eigenvalue weighted by molar-refractivity contribution is -0.355. The van der Waals surface area contributed by atoms with Crippen LogP contribution >= 0.6 is 0 Å². The van der Waals surface area contributed by atoms with Crippen molar-refractivity contribution in [1.82, 2.24) is 0 Å². The Labute approximate surface area is 79.3 Å². The summed E-state index contributed by atoms with van der Waals surface area (Å²) in [7, 11) is 0. The summed E-state index contributed by atoms with van der Waals surface area (Å²) in [4.78, 5) is 0. The first-order valence-corrected chi connectivity index (χ1v) is 5.56. The topological polar surface area (TPSA) is 29.5 Å². The standard InChI is InChI=1S/C11H18O2/c1-2-10-4-8-3-9(5-10)7-11(12,6-8)13-10/h8-9,12H,2-7H2,1H3. The third-order valence-corrected chi connectivity index (χ3v) is 4.25. The lowest BCUT2D eigenvalue weighted by atomic mass is 9.60. The molecule has 0 aromatic carbocycles. The van der Waals surface area contributed by atoms with E-state index in [1.165, 1.54) is 19.3 Å². The third-order valence-electron chi connectivity index (χ3n) is 4.25. The van der Waals surface area contributed by atoms with Crippen molar-refractivity contribution in [3.63, 3.8) is 0 Å². The number of rotatable bonds is 1. The van der Waals surface area contributed by atoms with Gasteiger partial charge in [-0.3, -0.25) is 0 Å². The second-order valence-corrected chi connectivity index (χ2v) is 5.37. The fourth-order valence-electron chi connectivity index (χ4n) is 4.00. The van der Waals surface area contributed by atoms with E-state index >= 15 is 0 Å². The summed E-state index contributed by atoms with van der Waals surface area (Å²) in [5.41, 5.74) is 0.0544. The molecule has 0 radical (unpaired) electrons. The monoisotopic (exact) mass is 182 g/mol. The minimum absolute atomic E-state index is 0.0544. The molecule has 2 saturated heterocycles. The van der Waals surface area contributed by atoms with E-state index in [9.17, 15) is 5.11 Å². The van der Waals surface area contributed by atoms with Crippen molar-refractivity contribution in [3.8, 4) is 0 Å². The minimum atomic E-state index is -0.736. The third kappa shape index (κ3) is 1.08. The lowest BCUT2D eigenvalue weighted by Gasteiger charge is -2.59. The minimum Gasteiger partial charge on any atom is -0.365 e. The summed E-state index contributed by atoms with van der Waals surface area (Å²) >= 11 is 0. The predicted octanol–water partition coefficient (Wildman–Crippen LogP) is 2.06. The van der Waals surface area contributed by atoms with Gasteiger partial charge in [-0.15, -0.1) is 0 Å². The number of hydrogen-bond donors (Lipinski definition) is 1. The quantitative estimate of drug-likeness (QED) is 0.672. The van der Waals surface area contributed by atoms with Crippen molar-refractivity contribution in [2.24, 2.45) is 11.8 Å². The van der Waals surface area contributed by atoms with Crippen molar-refractivity contribution >= 4 is 0 Å². The molecular formula is C11H18O2. The van der Waals surface area contributed by atoms with Gasteiger partial charge in [0, 0.05) is 12.8 Å². The van der Waals surface area contributed by atoms with Crippen molar-refractivity contribution in [2.45, 2.75) is 56.8 Å². The molecule has 1 N–H and O–H groups in total. The second kappa shape index (κ2) is 2.29. The molecule has 2 atom stereocenters. The van der Waals surface area contributed by atoms with Gasteiger partial charge in [-0.1, -0.05) is 6.92 Å². The molecule has 13 heavy (non-hydrogen) atoms. The largest absolute Gasteiger partial charge is 0.365 e. The Hall–Kier alpha value is -0.0800. The molecular weight excluding hydrogens is 164 g/mol. The van der Waals surface area contributed by atoms with Crippen molar-refractivity contribution in [3.05, 3.63) is 0 Å². The molecule has 0 spiro atoms. The van der Waals surface area contributed by atoms with Gasteiger partial charge in [0.25, 0.3) is 0 Å². The van der Waals surface area contributed by atoms with Gasteiger partial charge in [-0.25, -0.2) is 0 Å². The van der Waals surface area contributed by atoms with Crippen LogP contribution in [0.5, 0.6) is 0 Å². The van der Waals surface area contributed by atoms with E-state index in [2.05, 4.69) is 6.92 Å². The average Bonchev–Trinajstić information content (AvgIpc) is 1.99. The molecule has 4 fully saturated rings. The summed E-state index contributed by atoms with van der Waals surface area (Å²) in [5.74, 6) is 0.748. The molecule has 2 nitrogen and oxygen atoms in total. The van der Waals surface area contributed by atoms with E-state index in [1.807, 2.05) is 0 Å². The van der Waals surface area contributed by atoms with Crippen LogP contribution in [-0.4, -0.2) is 16.5 Å². The van der Waals surface area contributed by atoms with Gasteiger partial charge in [-0.05, 0) is 37.5 Å². The van der Waals surface area contributed by atoms with Gasteiger partial charge < -0.3 is 9.84 Å². The van der Waals surface area contributed by atoms with Crippen LogP contribution < -0.4 is 0 Å². The van der Waals surface area contributed by atoms with Crippen molar-refractivity contribution < 1.29 is 9.84 Å². The Kier molecular flexibility index (Phi) is 1.45. The highest BCUT2D eigenvalue weighted by molar-refractivity contribution is 5.03. The maximum Gasteiger partial charge on any atom is 0.166 e. The van der Waals surface area contributed by atoms with Crippen molar-refractivity contribution in [2.75, 3.05) is 0 Å². The van der Waals surface area contributed by atoms with Crippen LogP contribution in [0.3, 0.4) is 0 Å². The molecule has 0 aromatic heterocycles. The molecule has 74 valence electrons. The molecule has 2 aliphatic heterocycles. The molecule has 4 rings (SSSR count). The van der Waals surface area contributed by atoms with Gasteiger partial charge in [0.2, 0.25) is 0 Å². The SMILES string of the molecule is CCC12CC3CC(CC(O)(C3)O1)C2. The van der Waals surface area contributed by atoms with Crippen LogP contribution in [0.2, 0.25) is 0 Å². The fourth-order valence-corrected chi connectivity index (χ4v) is 4.00. The van der Waals surface area contributed by atoms with Crippen LogP contribution in [0.4, 0.5) is 0 Å². The fraction of sp³-hybridized carbons (Fsp3) is 1.00. The van der Waals surface area contributed by atoms with E-state index in [0.29, 0.717) is 0 Å². The zero-order valence-corrected chi connectivity index (χ0v) is 8.25. The highest BCUT2D eigenvalue weighted by Crippen LogP contribution is 2.57. The molecule has 2 saturated carbocycles. The zero-order valence-electron chi connectivity index (χ0n) is 8.25. The normalized spacial score (nSPS) is 58.6. The summed E-state index contributed by atoms with van der Waals surface area (Å²) in [6.45, 7) is 2.19. The van der Waals surface area contributed by atoms with Crippen LogP contribution in [-0.2, 0) is 4.74 Å². The van der Waals surface area contributed by atoms with Crippen LogP contribution in [0, 0.1) is 11.8 Å². The number of ether oxygens (including phenoxy) is 1. The van der Waals surface area contributed by atoms with E-state index in [1.54, 1.807) is 0 Å². The van der Waals surface area contributed by atoms with Gasteiger partial charge in [-0.2, -0.15) is 0 Å². The van der Waals surface area contributed by atoms with Crippen LogP contribution in [0.1, 0.15) is 45.4 Å². The highest BCUT2D eigenvalue weighted by atomic mass is 16.6. The van der Waals surface area contributed by atoms with Gasteiger partial charge in [0.1, 0.15) is 0 Å². The van der Waals surface area contributed by atoms with Crippen LogP contribution in [0.25, 0.3) is 0 Å². The molecule has 2 unspecified atom stereocenters. The Balaban J connectivity index is 1.95. The molecule has 4 aliphatic rings. The maximum absolute atomic E-state index is 10.2. The van der Waals surface area contributed by atoms with Gasteiger partial charge >= 0.3 is 0 Å². The molecule has 0 amide bonds. The van der Waals surface area contributed by atoms with Gasteiger partial charge in [0.05, 0.1) is 5.60 Å². The Morgan fingerprint density at radius 3 is 2.31 bits per heavy atom. The summed E-state index contributed by atoms with van der Waals surface area (Å²) < 4.78 is 5.90. The Morgan fingerprint density at radius 1 is 1.23 bits per heavy atom. The second-order valence-electron chi connectivity index (χ2n) is 5.37. The number of aliphatic hydroxyl groups is 1. The molecule has 0 aromatic rings. The molecule has 2 aliphatic carbocycles. The van der Waals surface area contributed by atoms with E-state index in [0.717, 1.165) is 31.1 Å². The maximum atomic E-state index is 10.2. The summed E-state index contributed by atoms with van der Waals surface area (Å²) in [6.07, 6.45) is 6.59. The predicted molar refractivity (Wildman–Crippen MR) is 49.1 cm³/mol. The van der Waals surface area contributed by atoms with E-state index < -0.39 is 5.79 Å². The zero-order chi connectivity index (χ0) is 9.10. The average molecular weight is 182 g/mol. The molecule has 2 heterocycles. The lowest BCUT2D eigenvalue weighted by Crippen LogP contribution is -2.60. The first-order valence-electron chi connectivity index (χ1n) is 5.56. The number of hydrogen-bond acceptors (Lipinski definition) is 2. The summed E-state index contributed by atoms with van der Waals surface area (Å²) in [6, 6.07) is 0. The van der Waals surface area contributed by atoms with Crippen molar-refractivity contribution in [1.29, 1.82) is 0 Å². The molecule has 2 heteroatoms. The van der Waals surface area contributed by atoms with E-state index in [-0.39, 0.29) is 5.60 Å². The van der Waals surface area contributed by atoms with Gasteiger partial charge in [0.15, 0.2) is 5.79 Å². The first-order chi connectivity index (χ1) is 6.13. The summed E-state index contributed by atoms with van der Waals surface area (Å²) in [5, 5.41) is 10.2. The molecule has 4 bridgehead atoms. The Bertz CT molecular complexity index is 222. The first kappa shape index (κ1) is 8.25. The Morgan fingerprint density at radius 2 is 1.85 bits per heavy atom. The van der Waals surface area contributed by atoms with E-state index in [4.69, 9.17) is 4.74 Å².